The molecule has 0 aliphatic rings. The van der Waals surface area contributed by atoms with Crippen LogP contribution >= 0.6 is 23.2 Å². The van der Waals surface area contributed by atoms with Gasteiger partial charge in [0, 0.05) is 39.1 Å². The third-order valence-corrected chi connectivity index (χ3v) is 4.62. The Morgan fingerprint density at radius 2 is 1.74 bits per heavy atom. The van der Waals surface area contributed by atoms with Crippen LogP contribution in [0.25, 0.3) is 22.3 Å². The zero-order valence-corrected chi connectivity index (χ0v) is 16.3. The van der Waals surface area contributed by atoms with E-state index in [0.717, 1.165) is 33.3 Å². The van der Waals surface area contributed by atoms with E-state index in [4.69, 9.17) is 33.2 Å². The maximum absolute atomic E-state index is 6.29. The van der Waals surface area contributed by atoms with E-state index in [1.807, 2.05) is 56.3 Å². The lowest BCUT2D eigenvalue weighted by molar-refractivity contribution is 1.20. The van der Waals surface area contributed by atoms with Gasteiger partial charge < -0.3 is 5.32 Å². The Balaban J connectivity index is 1.93. The number of nitrogens with one attached hydrogen (secondary N) is 1. The lowest BCUT2D eigenvalue weighted by Gasteiger charge is -2.13. The molecule has 0 fully saturated rings. The quantitative estimate of drug-likeness (QED) is 0.439. The maximum atomic E-state index is 6.29. The van der Waals surface area contributed by atoms with E-state index in [0.29, 0.717) is 21.7 Å². The summed E-state index contributed by atoms with van der Waals surface area (Å²) in [5, 5.41) is 5.54. The predicted octanol–water partition coefficient (Wildman–Crippen LogP) is 6.36. The smallest absolute Gasteiger partial charge is 0.163 e. The van der Waals surface area contributed by atoms with Gasteiger partial charge in [-0.05, 0) is 67.4 Å². The van der Waals surface area contributed by atoms with E-state index in [-0.39, 0.29) is 0 Å². The standard InChI is InChI=1S/C21H16Cl2N4/c1-12-6-15(22)9-17(7-12)25-21-18-10-16(23)8-13(2)19(18)26-20(27-21)14-4-3-5-24-11-14/h3-11H,1-2H3,(H,25,26,27). The fourth-order valence-corrected chi connectivity index (χ4v) is 3.59. The van der Waals surface area contributed by atoms with Crippen LogP contribution in [0.4, 0.5) is 11.5 Å². The molecule has 27 heavy (non-hydrogen) atoms. The normalized spacial score (nSPS) is 11.0. The molecule has 4 aromatic rings. The van der Waals surface area contributed by atoms with Crippen molar-refractivity contribution in [3.63, 3.8) is 0 Å². The summed E-state index contributed by atoms with van der Waals surface area (Å²) < 4.78 is 0. The highest BCUT2D eigenvalue weighted by Gasteiger charge is 2.13. The number of rotatable bonds is 3. The van der Waals surface area contributed by atoms with E-state index < -0.39 is 0 Å². The van der Waals surface area contributed by atoms with E-state index >= 15 is 0 Å². The van der Waals surface area contributed by atoms with Crippen molar-refractivity contribution in [2.75, 3.05) is 5.32 Å². The Morgan fingerprint density at radius 3 is 2.48 bits per heavy atom. The Morgan fingerprint density at radius 1 is 0.926 bits per heavy atom. The number of nitrogens with zero attached hydrogens (tertiary/aromatic N) is 3. The highest BCUT2D eigenvalue weighted by atomic mass is 35.5. The first-order valence-electron chi connectivity index (χ1n) is 8.42. The third kappa shape index (κ3) is 3.72. The van der Waals surface area contributed by atoms with Gasteiger partial charge in [0.1, 0.15) is 5.82 Å². The van der Waals surface area contributed by atoms with Crippen molar-refractivity contribution in [1.29, 1.82) is 0 Å². The molecule has 0 aliphatic heterocycles. The van der Waals surface area contributed by atoms with Gasteiger partial charge >= 0.3 is 0 Å². The van der Waals surface area contributed by atoms with E-state index in [9.17, 15) is 0 Å². The second-order valence-electron chi connectivity index (χ2n) is 6.40. The third-order valence-electron chi connectivity index (χ3n) is 4.18. The first-order valence-corrected chi connectivity index (χ1v) is 9.18. The van der Waals surface area contributed by atoms with Crippen molar-refractivity contribution >= 4 is 45.6 Å². The van der Waals surface area contributed by atoms with Crippen LogP contribution in [-0.4, -0.2) is 15.0 Å². The van der Waals surface area contributed by atoms with Crippen LogP contribution in [0.2, 0.25) is 10.0 Å². The minimum atomic E-state index is 0.599. The number of aromatic nitrogens is 3. The summed E-state index contributed by atoms with van der Waals surface area (Å²) in [4.78, 5) is 13.7. The second kappa shape index (κ2) is 7.14. The van der Waals surface area contributed by atoms with Gasteiger partial charge in [0.05, 0.1) is 5.52 Å². The Bertz CT molecular complexity index is 1120. The van der Waals surface area contributed by atoms with Crippen LogP contribution in [0.15, 0.2) is 54.9 Å². The van der Waals surface area contributed by atoms with Crippen molar-refractivity contribution in [3.05, 3.63) is 76.0 Å². The van der Waals surface area contributed by atoms with Gasteiger partial charge in [-0.1, -0.05) is 23.2 Å². The van der Waals surface area contributed by atoms with E-state index in [2.05, 4.69) is 10.3 Å². The topological polar surface area (TPSA) is 50.7 Å². The lowest BCUT2D eigenvalue weighted by Crippen LogP contribution is -2.01. The summed E-state index contributed by atoms with van der Waals surface area (Å²) in [6.45, 7) is 3.98. The van der Waals surface area contributed by atoms with Crippen LogP contribution in [0, 0.1) is 13.8 Å². The molecule has 4 nitrogen and oxygen atoms in total. The summed E-state index contributed by atoms with van der Waals surface area (Å²) in [7, 11) is 0. The van der Waals surface area contributed by atoms with Gasteiger partial charge in [-0.15, -0.1) is 0 Å². The highest BCUT2D eigenvalue weighted by molar-refractivity contribution is 6.31. The molecule has 0 amide bonds. The van der Waals surface area contributed by atoms with Gasteiger partial charge in [-0.25, -0.2) is 9.97 Å². The molecule has 1 N–H and O–H groups in total. The fourth-order valence-electron chi connectivity index (χ4n) is 3.03. The number of fused-ring (bicyclic) bond motifs is 1. The van der Waals surface area contributed by atoms with Crippen LogP contribution in [0.5, 0.6) is 0 Å². The Hall–Kier alpha value is -2.69. The number of hydrogen-bond donors (Lipinski definition) is 1. The van der Waals surface area contributed by atoms with Crippen molar-refractivity contribution in [2.24, 2.45) is 0 Å². The molecule has 0 aliphatic carbocycles. The molecule has 0 atom stereocenters. The molecule has 2 aromatic carbocycles. The average Bonchev–Trinajstić information content (AvgIpc) is 2.62. The molecule has 0 saturated heterocycles. The van der Waals surface area contributed by atoms with Gasteiger partial charge in [0.15, 0.2) is 5.82 Å². The lowest BCUT2D eigenvalue weighted by atomic mass is 10.1. The zero-order valence-electron chi connectivity index (χ0n) is 14.8. The van der Waals surface area contributed by atoms with E-state index in [1.54, 1.807) is 12.4 Å². The molecular formula is C21H16Cl2N4. The monoisotopic (exact) mass is 394 g/mol. The van der Waals surface area contributed by atoms with Crippen molar-refractivity contribution in [1.82, 2.24) is 15.0 Å². The molecule has 0 saturated carbocycles. The van der Waals surface area contributed by atoms with Gasteiger partial charge in [-0.3, -0.25) is 4.98 Å². The zero-order chi connectivity index (χ0) is 19.0. The van der Waals surface area contributed by atoms with Gasteiger partial charge in [-0.2, -0.15) is 0 Å². The first kappa shape index (κ1) is 17.7. The summed E-state index contributed by atoms with van der Waals surface area (Å²) in [5.74, 6) is 1.27. The molecule has 0 radical (unpaired) electrons. The van der Waals surface area contributed by atoms with Crippen molar-refractivity contribution in [3.8, 4) is 11.4 Å². The maximum Gasteiger partial charge on any atom is 0.163 e. The largest absolute Gasteiger partial charge is 0.340 e. The molecule has 0 spiro atoms. The highest BCUT2D eigenvalue weighted by Crippen LogP contribution is 2.32. The van der Waals surface area contributed by atoms with Crippen molar-refractivity contribution < 1.29 is 0 Å². The molecule has 4 rings (SSSR count). The summed E-state index contributed by atoms with van der Waals surface area (Å²) in [6, 6.07) is 13.4. The minimum absolute atomic E-state index is 0.599. The Kier molecular flexibility index (Phi) is 4.68. The van der Waals surface area contributed by atoms with Crippen molar-refractivity contribution in [2.45, 2.75) is 13.8 Å². The SMILES string of the molecule is Cc1cc(Cl)cc(Nc2nc(-c3cccnc3)nc3c(C)cc(Cl)cc23)c1. The fraction of sp³-hybridized carbons (Fsp3) is 0.0952. The molecule has 2 aromatic heterocycles. The number of benzene rings is 2. The van der Waals surface area contributed by atoms with Gasteiger partial charge in [0.2, 0.25) is 0 Å². The number of pyridine rings is 1. The van der Waals surface area contributed by atoms with Crippen LogP contribution in [0.1, 0.15) is 11.1 Å². The summed E-state index contributed by atoms with van der Waals surface area (Å²) in [6.07, 6.45) is 3.48. The molecule has 0 unspecified atom stereocenters. The number of aryl methyl sites for hydroxylation is 2. The summed E-state index contributed by atoms with van der Waals surface area (Å²) in [5.41, 5.74) is 4.59. The predicted molar refractivity (Wildman–Crippen MR) is 112 cm³/mol. The number of hydrogen-bond acceptors (Lipinski definition) is 4. The van der Waals surface area contributed by atoms with Gasteiger partial charge in [0.25, 0.3) is 0 Å². The van der Waals surface area contributed by atoms with E-state index in [1.165, 1.54) is 0 Å². The van der Waals surface area contributed by atoms with Crippen LogP contribution in [0.3, 0.4) is 0 Å². The number of halogens is 2. The molecule has 2 heterocycles. The minimum Gasteiger partial charge on any atom is -0.340 e. The summed E-state index contributed by atoms with van der Waals surface area (Å²) >= 11 is 12.5. The second-order valence-corrected chi connectivity index (χ2v) is 7.27. The molecule has 134 valence electrons. The van der Waals surface area contributed by atoms with Crippen LogP contribution in [-0.2, 0) is 0 Å². The van der Waals surface area contributed by atoms with Crippen LogP contribution < -0.4 is 5.32 Å². The molecular weight excluding hydrogens is 379 g/mol. The average molecular weight is 395 g/mol. The molecule has 6 heteroatoms. The number of anilines is 2. The molecule has 0 bridgehead atoms. The Labute approximate surface area is 167 Å². The first-order chi connectivity index (χ1) is 13.0.